The Hall–Kier alpha value is -5.90. The maximum atomic E-state index is 4.54. The molecule has 0 amide bonds. The van der Waals surface area contributed by atoms with Gasteiger partial charge in [-0.15, -0.1) is 174 Å². The van der Waals surface area contributed by atoms with Crippen LogP contribution < -0.4 is 0 Å². The van der Waals surface area contributed by atoms with Crippen molar-refractivity contribution in [3.05, 3.63) is 241 Å². The molecule has 15 rings (SSSR count). The van der Waals surface area contributed by atoms with Gasteiger partial charge in [0.1, 0.15) is 0 Å². The van der Waals surface area contributed by atoms with Gasteiger partial charge in [-0.3, -0.25) is 24.9 Å². The Morgan fingerprint density at radius 3 is 1.65 bits per heavy atom. The molecule has 0 aliphatic carbocycles. The fourth-order valence-corrected chi connectivity index (χ4v) is 10.3. The molecule has 10 nitrogen and oxygen atoms in total. The van der Waals surface area contributed by atoms with Gasteiger partial charge in [-0.05, 0) is 50.0 Å². The van der Waals surface area contributed by atoms with E-state index in [1.54, 1.807) is 0 Å². The summed E-state index contributed by atoms with van der Waals surface area (Å²) in [5.74, 6) is 0.487. The van der Waals surface area contributed by atoms with Gasteiger partial charge in [0.25, 0.3) is 0 Å². The molecule has 85 heavy (non-hydrogen) atoms. The Labute approximate surface area is 565 Å². The first-order valence-corrected chi connectivity index (χ1v) is 27.2. The van der Waals surface area contributed by atoms with E-state index in [1.807, 2.05) is 119 Å². The first-order valence-electron chi connectivity index (χ1n) is 27.2. The van der Waals surface area contributed by atoms with E-state index < -0.39 is 0 Å². The van der Waals surface area contributed by atoms with E-state index in [0.29, 0.717) is 5.92 Å². The van der Waals surface area contributed by atoms with Gasteiger partial charge < -0.3 is 22.0 Å². The first kappa shape index (κ1) is 68.2. The molecule has 0 fully saturated rings. The molecule has 0 saturated carbocycles. The van der Waals surface area contributed by atoms with Crippen LogP contribution in [0.1, 0.15) is 101 Å². The molecule has 0 N–H and O–H groups in total. The van der Waals surface area contributed by atoms with Gasteiger partial charge in [0.05, 0.1) is 28.2 Å². The van der Waals surface area contributed by atoms with Crippen molar-refractivity contribution >= 4 is 82.1 Å². The molecule has 445 valence electrons. The number of hydrogen-bond acceptors (Lipinski definition) is 5. The summed E-state index contributed by atoms with van der Waals surface area (Å²) in [6, 6.07) is 51.8. The Morgan fingerprint density at radius 1 is 0.447 bits per heavy atom. The summed E-state index contributed by atoms with van der Waals surface area (Å²) in [6.07, 6.45) is 21.9. The van der Waals surface area contributed by atoms with Crippen molar-refractivity contribution in [2.24, 2.45) is 0 Å². The molecule has 10 heterocycles. The summed E-state index contributed by atoms with van der Waals surface area (Å²) in [6.45, 7) is 25.9. The normalized spacial score (nSPS) is 11.2. The van der Waals surface area contributed by atoms with Crippen LogP contribution in [0.3, 0.4) is 0 Å². The van der Waals surface area contributed by atoms with E-state index in [2.05, 4.69) is 212 Å². The fourth-order valence-electron chi connectivity index (χ4n) is 10.3. The molecule has 0 bridgehead atoms. The Balaban J connectivity index is 0.000000168. The predicted octanol–water partition coefficient (Wildman–Crippen LogP) is 16.4. The summed E-state index contributed by atoms with van der Waals surface area (Å²) >= 11 is 0. The van der Waals surface area contributed by atoms with Crippen LogP contribution >= 0.6 is 0 Å². The number of aromatic nitrogens is 10. The quantitative estimate of drug-likeness (QED) is 0.153. The van der Waals surface area contributed by atoms with E-state index in [9.17, 15) is 0 Å². The number of hydrogen-bond donors (Lipinski definition) is 0. The van der Waals surface area contributed by atoms with Crippen LogP contribution in [-0.4, -0.2) is 46.9 Å². The second kappa shape index (κ2) is 28.3. The summed E-state index contributed by atoms with van der Waals surface area (Å²) in [7, 11) is 0. The smallest absolute Gasteiger partial charge is 0.0607 e. The monoisotopic (exact) mass is 2010 g/mol. The van der Waals surface area contributed by atoms with Crippen molar-refractivity contribution in [2.45, 2.75) is 99.8 Å². The second-order valence-corrected chi connectivity index (χ2v) is 23.0. The number of pyridine rings is 5. The molecule has 0 unspecified atom stereocenters. The Morgan fingerprint density at radius 2 is 0.976 bits per heavy atom. The van der Waals surface area contributed by atoms with Gasteiger partial charge in [0.15, 0.2) is 0 Å². The third kappa shape index (κ3) is 14.4. The fraction of sp³-hybridized carbons (Fsp3) is 0.214. The van der Waals surface area contributed by atoms with Crippen molar-refractivity contribution < 1.29 is 101 Å². The van der Waals surface area contributed by atoms with E-state index in [1.165, 1.54) is 55.0 Å². The van der Waals surface area contributed by atoms with E-state index in [0.717, 1.165) is 66.6 Å². The number of fused-ring (bicyclic) bond motifs is 15. The van der Waals surface area contributed by atoms with E-state index >= 15 is 0 Å². The zero-order valence-electron chi connectivity index (χ0n) is 49.4. The number of benzene rings is 5. The molecule has 5 aromatic carbocycles. The maximum absolute atomic E-state index is 4.54. The molecular weight excluding hydrogens is 1940 g/mol. The van der Waals surface area contributed by atoms with Crippen molar-refractivity contribution in [1.29, 1.82) is 0 Å². The summed E-state index contributed by atoms with van der Waals surface area (Å²) in [4.78, 5) is 22.4. The molecule has 0 atom stereocenters. The molecule has 0 saturated heterocycles. The molecule has 5 radical (unpaired) electrons. The average molecular weight is 2010 g/mol. The van der Waals surface area contributed by atoms with Crippen molar-refractivity contribution in [1.82, 2.24) is 46.9 Å². The van der Waals surface area contributed by atoms with Crippen LogP contribution in [0.5, 0.6) is 0 Å². The third-order valence-corrected chi connectivity index (χ3v) is 14.5. The van der Waals surface area contributed by atoms with Crippen molar-refractivity contribution in [2.75, 3.05) is 0 Å². The molecule has 0 aliphatic heterocycles. The van der Waals surface area contributed by atoms with Crippen LogP contribution in [0.15, 0.2) is 171 Å². The van der Waals surface area contributed by atoms with Gasteiger partial charge >= 0.3 is 0 Å². The minimum atomic E-state index is 0. The van der Waals surface area contributed by atoms with Crippen LogP contribution in [0, 0.1) is 58.0 Å². The SMILES string of the molecule is CC(C)(C)c1c[c-]c2c(ccn3ccnc23)c1.CC(C)(C)c1cnc2c3[c-]cccc3ccn12.CC(C)c1cc2ccc[c-]c2c2nccn12.Cc1c[c-]c2c(ccn3cc(C)nc23)c1.Cc1cn2ccc3c(C)cc[c-]c3c2n1.[Ir].[Ir].[Ir].[Ir].[Ir]. The first-order chi connectivity index (χ1) is 38.4. The Bertz CT molecular complexity index is 4750. The van der Waals surface area contributed by atoms with Crippen molar-refractivity contribution in [3.63, 3.8) is 0 Å². The number of nitrogens with zero attached hydrogens (tertiary/aromatic N) is 10. The van der Waals surface area contributed by atoms with Crippen LogP contribution in [0.2, 0.25) is 0 Å². The van der Waals surface area contributed by atoms with E-state index in [4.69, 9.17) is 0 Å². The van der Waals surface area contributed by atoms with Gasteiger partial charge in [0.2, 0.25) is 0 Å². The predicted molar refractivity (Wildman–Crippen MR) is 328 cm³/mol. The van der Waals surface area contributed by atoms with Crippen LogP contribution in [0.4, 0.5) is 0 Å². The molecule has 15 aromatic rings. The molecule has 0 aliphatic rings. The minimum Gasteiger partial charge on any atom is -0.347 e. The number of imidazole rings is 5. The van der Waals surface area contributed by atoms with Gasteiger partial charge in [-0.25, -0.2) is 0 Å². The number of aryl methyl sites for hydroxylation is 4. The van der Waals surface area contributed by atoms with Crippen LogP contribution in [-0.2, 0) is 111 Å². The largest absolute Gasteiger partial charge is 0.347 e. The standard InChI is InChI=1S/2C15H15N2.C14H13N2.2C13H11N2.5Ir/c1-15(2,3)12-4-5-13-11(10-12)6-8-17-9-7-16-14(13)17;1-15(2,3)13-10-16-14-12-7-5-4-6-11(12)8-9-17(13)14;1-10(2)13-9-11-5-3-4-6-12(11)14-15-7-8-16(13)14;1-9-3-4-12-11(7-9)5-6-15-8-10(2)14-13(12)15;1-9-4-3-5-12-11(9)6-7-15-8-10(2)14-13(12)15;;;;;/h4,6-10H,1-3H3;4-6,8-10H,1-3H3;3-5,7-10H,1-2H3;3,5-8H,1-2H3;3-4,6-8H,1-2H3;;;;;/q5*-1;;;;;. The summed E-state index contributed by atoms with van der Waals surface area (Å²) in [5.41, 5.74) is 13.6. The number of rotatable bonds is 1. The molecule has 15 heteroatoms. The topological polar surface area (TPSA) is 86.5 Å². The van der Waals surface area contributed by atoms with Crippen LogP contribution in [0.25, 0.3) is 82.1 Å². The average Bonchev–Trinajstić information content (AvgIpc) is 4.49. The summed E-state index contributed by atoms with van der Waals surface area (Å²) in [5, 5.41) is 11.5. The van der Waals surface area contributed by atoms with Gasteiger partial charge in [0, 0.05) is 172 Å². The second-order valence-electron chi connectivity index (χ2n) is 23.0. The maximum Gasteiger partial charge on any atom is 0.0607 e. The summed E-state index contributed by atoms with van der Waals surface area (Å²) < 4.78 is 10.4. The minimum absolute atomic E-state index is 0. The molecule has 0 spiro atoms. The third-order valence-electron chi connectivity index (χ3n) is 14.5. The van der Waals surface area contributed by atoms with Gasteiger partial charge in [-0.2, -0.15) is 0 Å². The zero-order valence-corrected chi connectivity index (χ0v) is 61.4. The van der Waals surface area contributed by atoms with Gasteiger partial charge in [-0.1, -0.05) is 99.6 Å². The molecular formula is C70H65Ir5N10-5. The molecule has 10 aromatic heterocycles. The Kier molecular flexibility index (Phi) is 22.7. The zero-order chi connectivity index (χ0) is 56.0. The van der Waals surface area contributed by atoms with E-state index in [-0.39, 0.29) is 111 Å². The van der Waals surface area contributed by atoms with Crippen molar-refractivity contribution in [3.8, 4) is 0 Å².